The van der Waals surface area contributed by atoms with Crippen LogP contribution in [0.25, 0.3) is 22.4 Å². The molecule has 0 bridgehead atoms. The van der Waals surface area contributed by atoms with Gasteiger partial charge in [-0.05, 0) is 28.8 Å². The maximum atomic E-state index is 12.2. The van der Waals surface area contributed by atoms with Gasteiger partial charge in [-0.25, -0.2) is 10.2 Å². The van der Waals surface area contributed by atoms with Crippen molar-refractivity contribution in [1.29, 1.82) is 0 Å². The molecule has 1 aromatic heterocycles. The number of carbonyl (C=O) groups excluding carboxylic acids is 1. The number of carbonyl (C=O) groups is 1. The smallest absolute Gasteiger partial charge is 0.311 e. The van der Waals surface area contributed by atoms with Crippen molar-refractivity contribution in [3.63, 3.8) is 0 Å². The third-order valence-corrected chi connectivity index (χ3v) is 5.55. The number of allylic oxidation sites excluding steroid dienone is 1. The van der Waals surface area contributed by atoms with Crippen molar-refractivity contribution in [1.82, 2.24) is 9.99 Å². The molecule has 0 atom stereocenters. The van der Waals surface area contributed by atoms with Gasteiger partial charge in [-0.1, -0.05) is 78.9 Å². The number of anilines is 1. The summed E-state index contributed by atoms with van der Waals surface area (Å²) in [6, 6.07) is 27.6. The van der Waals surface area contributed by atoms with Crippen LogP contribution in [0.2, 0.25) is 0 Å². The van der Waals surface area contributed by atoms with E-state index in [4.69, 9.17) is 0 Å². The molecule has 1 heterocycles. The highest BCUT2D eigenvalue weighted by Gasteiger charge is 2.08. The lowest BCUT2D eigenvalue weighted by molar-refractivity contribution is 0.252. The molecule has 6 heteroatoms. The van der Waals surface area contributed by atoms with Gasteiger partial charge in [-0.15, -0.1) is 23.0 Å². The Bertz CT molecular complexity index is 1230. The normalized spacial score (nSPS) is 11.2. The highest BCUT2D eigenvalue weighted by molar-refractivity contribution is 7.07. The van der Waals surface area contributed by atoms with E-state index < -0.39 is 6.03 Å². The van der Waals surface area contributed by atoms with Crippen LogP contribution in [0.5, 0.6) is 0 Å². The lowest BCUT2D eigenvalue weighted by Gasteiger charge is -2.08. The van der Waals surface area contributed by atoms with Crippen LogP contribution < -0.4 is 15.5 Å². The summed E-state index contributed by atoms with van der Waals surface area (Å²) in [6.07, 6.45) is 1.82. The topological polar surface area (TPSA) is 58.4 Å². The molecule has 0 unspecified atom stereocenters. The molecule has 0 aliphatic carbocycles. The fourth-order valence-corrected chi connectivity index (χ4v) is 4.08. The summed E-state index contributed by atoms with van der Waals surface area (Å²) in [5, 5.41) is 9.10. The molecule has 31 heavy (non-hydrogen) atoms. The van der Waals surface area contributed by atoms with Crippen molar-refractivity contribution in [3.05, 3.63) is 108 Å². The van der Waals surface area contributed by atoms with Crippen LogP contribution in [-0.2, 0) is 6.54 Å². The van der Waals surface area contributed by atoms with Crippen molar-refractivity contribution < 1.29 is 4.79 Å². The first kappa shape index (κ1) is 20.4. The van der Waals surface area contributed by atoms with Gasteiger partial charge in [0.1, 0.15) is 0 Å². The molecule has 2 N–H and O–H groups in total. The summed E-state index contributed by atoms with van der Waals surface area (Å²) in [5.41, 5.74) is 7.73. The van der Waals surface area contributed by atoms with Crippen molar-refractivity contribution in [3.8, 4) is 22.4 Å². The lowest BCUT2D eigenvalue weighted by atomic mass is 10.0. The molecule has 3 aromatic carbocycles. The second-order valence-corrected chi connectivity index (χ2v) is 7.63. The number of benzene rings is 3. The maximum Gasteiger partial charge on any atom is 0.339 e. The monoisotopic (exact) mass is 426 g/mol. The van der Waals surface area contributed by atoms with Crippen molar-refractivity contribution in [2.45, 2.75) is 6.54 Å². The van der Waals surface area contributed by atoms with Gasteiger partial charge >= 0.3 is 6.03 Å². The number of aromatic nitrogens is 1. The van der Waals surface area contributed by atoms with E-state index in [2.05, 4.69) is 58.8 Å². The van der Waals surface area contributed by atoms with Gasteiger partial charge in [0, 0.05) is 17.6 Å². The third kappa shape index (κ3) is 4.99. The second kappa shape index (κ2) is 9.73. The molecule has 4 aromatic rings. The zero-order chi connectivity index (χ0) is 21.5. The number of nitrogens with zero attached hydrogens (tertiary/aromatic N) is 2. The Morgan fingerprint density at radius 2 is 1.52 bits per heavy atom. The van der Waals surface area contributed by atoms with E-state index in [0.29, 0.717) is 17.0 Å². The van der Waals surface area contributed by atoms with Gasteiger partial charge in [-0.3, -0.25) is 0 Å². The van der Waals surface area contributed by atoms with E-state index in [-0.39, 0.29) is 0 Å². The molecule has 4 rings (SSSR count). The molecule has 0 saturated carbocycles. The first-order valence-electron chi connectivity index (χ1n) is 9.85. The van der Waals surface area contributed by atoms with Crippen LogP contribution >= 0.6 is 11.3 Å². The minimum absolute atomic E-state index is 0.390. The predicted molar refractivity (Wildman–Crippen MR) is 128 cm³/mol. The largest absolute Gasteiger partial charge is 0.339 e. The van der Waals surface area contributed by atoms with E-state index >= 15 is 0 Å². The number of para-hydroxylation sites is 1. The summed E-state index contributed by atoms with van der Waals surface area (Å²) in [7, 11) is 0. The van der Waals surface area contributed by atoms with Gasteiger partial charge in [0.25, 0.3) is 0 Å². The van der Waals surface area contributed by atoms with E-state index in [1.54, 1.807) is 0 Å². The number of urea groups is 1. The number of hydrogen-bond acceptors (Lipinski definition) is 3. The fraction of sp³-hybridized carbons (Fsp3) is 0.0400. The Balaban J connectivity index is 1.56. The van der Waals surface area contributed by atoms with Crippen LogP contribution in [0, 0.1) is 0 Å². The minimum Gasteiger partial charge on any atom is -0.311 e. The number of nitrogens with one attached hydrogen (secondary N) is 2. The first-order valence-corrected chi connectivity index (χ1v) is 10.7. The third-order valence-electron chi connectivity index (χ3n) is 4.68. The number of rotatable bonds is 6. The molecule has 0 aliphatic heterocycles. The molecule has 0 spiro atoms. The summed E-state index contributed by atoms with van der Waals surface area (Å²) >= 11 is 1.47. The van der Waals surface area contributed by atoms with Crippen molar-refractivity contribution in [2.75, 3.05) is 5.32 Å². The Hall–Kier alpha value is -3.90. The number of hydrogen-bond donors (Lipinski definition) is 2. The molecular weight excluding hydrogens is 404 g/mol. The van der Waals surface area contributed by atoms with Crippen molar-refractivity contribution >= 4 is 23.1 Å². The quantitative estimate of drug-likeness (QED) is 0.301. The predicted octanol–water partition coefficient (Wildman–Crippen LogP) is 5.71. The minimum atomic E-state index is -0.390. The molecule has 2 amide bonds. The van der Waals surface area contributed by atoms with Gasteiger partial charge in [0.05, 0.1) is 5.69 Å². The molecular formula is C25H22N4OS. The lowest BCUT2D eigenvalue weighted by Crippen LogP contribution is -2.28. The SMILES string of the molecule is C=CCn1c(-c2ccc(-c3ccccc3)cc2)cs/c1=N\NC(=O)Nc1ccccc1. The van der Waals surface area contributed by atoms with Crippen LogP contribution in [0.4, 0.5) is 10.5 Å². The Labute approximate surface area is 185 Å². The van der Waals surface area contributed by atoms with Crippen LogP contribution in [0.15, 0.2) is 108 Å². The van der Waals surface area contributed by atoms with E-state index in [9.17, 15) is 4.79 Å². The Kier molecular flexibility index (Phi) is 6.40. The summed E-state index contributed by atoms with van der Waals surface area (Å²) in [4.78, 5) is 12.8. The Morgan fingerprint density at radius 1 is 0.903 bits per heavy atom. The first-order chi connectivity index (χ1) is 15.2. The van der Waals surface area contributed by atoms with Gasteiger partial charge in [0.2, 0.25) is 4.80 Å². The molecule has 0 saturated heterocycles. The van der Waals surface area contributed by atoms with Crippen molar-refractivity contribution in [2.24, 2.45) is 5.10 Å². The molecule has 0 fully saturated rings. The van der Waals surface area contributed by atoms with Gasteiger partial charge in [0.15, 0.2) is 0 Å². The zero-order valence-electron chi connectivity index (χ0n) is 16.9. The highest BCUT2D eigenvalue weighted by Crippen LogP contribution is 2.25. The fourth-order valence-electron chi connectivity index (χ4n) is 3.20. The average Bonchev–Trinajstić information content (AvgIpc) is 3.22. The summed E-state index contributed by atoms with van der Waals surface area (Å²) in [5.74, 6) is 0. The Morgan fingerprint density at radius 3 is 2.19 bits per heavy atom. The molecule has 0 aliphatic rings. The van der Waals surface area contributed by atoms with Crippen LogP contribution in [0.3, 0.4) is 0 Å². The number of thiazole rings is 1. The second-order valence-electron chi connectivity index (χ2n) is 6.79. The van der Waals surface area contributed by atoms with E-state index in [1.165, 1.54) is 22.5 Å². The zero-order valence-corrected chi connectivity index (χ0v) is 17.7. The van der Waals surface area contributed by atoms with Crippen LogP contribution in [-0.4, -0.2) is 10.6 Å². The number of amides is 2. The van der Waals surface area contributed by atoms with Gasteiger partial charge in [-0.2, -0.15) is 0 Å². The molecule has 5 nitrogen and oxygen atoms in total. The molecule has 0 radical (unpaired) electrons. The van der Waals surface area contributed by atoms with Crippen LogP contribution in [0.1, 0.15) is 0 Å². The summed E-state index contributed by atoms with van der Waals surface area (Å²) < 4.78 is 2.03. The van der Waals surface area contributed by atoms with E-state index in [0.717, 1.165) is 11.3 Å². The standard InChI is InChI=1S/C25H22N4OS/c1-2-17-29-23(21-15-13-20(14-16-21)19-9-5-3-6-10-19)18-31-25(29)28-27-24(30)26-22-11-7-4-8-12-22/h2-16,18H,1,17H2,(H2,26,27,30)/b28-25-. The summed E-state index contributed by atoms with van der Waals surface area (Å²) in [6.45, 7) is 4.44. The maximum absolute atomic E-state index is 12.2. The highest BCUT2D eigenvalue weighted by atomic mass is 32.1. The van der Waals surface area contributed by atoms with E-state index in [1.807, 2.05) is 64.6 Å². The molecule has 154 valence electrons. The average molecular weight is 427 g/mol. The van der Waals surface area contributed by atoms with Gasteiger partial charge < -0.3 is 9.88 Å².